The maximum absolute atomic E-state index is 12.6. The molecule has 2 rings (SSSR count). The first kappa shape index (κ1) is 14.3. The van der Waals surface area contributed by atoms with E-state index in [9.17, 15) is 9.59 Å². The lowest BCUT2D eigenvalue weighted by Gasteiger charge is -2.29. The first-order valence-electron chi connectivity index (χ1n) is 7.05. The van der Waals surface area contributed by atoms with Crippen molar-refractivity contribution < 1.29 is 19.8 Å². The number of carbonyl (C=O) groups is 2. The molecule has 0 aliphatic heterocycles. The van der Waals surface area contributed by atoms with Gasteiger partial charge in [-0.15, -0.1) is 0 Å². The molecular formula is C14H23NO4. The Kier molecular flexibility index (Phi) is 3.85. The van der Waals surface area contributed by atoms with Crippen LogP contribution in [0.5, 0.6) is 0 Å². The Bertz CT molecular complexity index is 374. The molecule has 2 aliphatic rings. The van der Waals surface area contributed by atoms with Crippen LogP contribution in [0.15, 0.2) is 0 Å². The van der Waals surface area contributed by atoms with Gasteiger partial charge in [0.25, 0.3) is 0 Å². The molecule has 0 bridgehead atoms. The van der Waals surface area contributed by atoms with Gasteiger partial charge >= 0.3 is 5.97 Å². The van der Waals surface area contributed by atoms with Crippen molar-refractivity contribution in [3.8, 4) is 0 Å². The van der Waals surface area contributed by atoms with E-state index in [1.807, 2.05) is 13.8 Å². The number of rotatable bonds is 5. The Morgan fingerprint density at radius 3 is 2.21 bits per heavy atom. The second-order valence-corrected chi connectivity index (χ2v) is 6.31. The van der Waals surface area contributed by atoms with Crippen LogP contribution in [0.4, 0.5) is 0 Å². The molecule has 2 N–H and O–H groups in total. The van der Waals surface area contributed by atoms with Crippen LogP contribution in [0.3, 0.4) is 0 Å². The molecule has 0 radical (unpaired) electrons. The summed E-state index contributed by atoms with van der Waals surface area (Å²) in [5.74, 6) is -1.99. The molecule has 2 atom stereocenters. The largest absolute Gasteiger partial charge is 0.481 e. The third kappa shape index (κ3) is 2.48. The molecule has 2 aliphatic carbocycles. The number of carbonyl (C=O) groups excluding carboxylic acids is 1. The predicted octanol–water partition coefficient (Wildman–Crippen LogP) is 1.11. The summed E-state index contributed by atoms with van der Waals surface area (Å²) < 4.78 is 0. The molecule has 5 heteroatoms. The van der Waals surface area contributed by atoms with Gasteiger partial charge in [-0.3, -0.25) is 9.59 Å². The fraction of sp³-hybridized carbons (Fsp3) is 0.857. The smallest absolute Gasteiger partial charge is 0.307 e. The summed E-state index contributed by atoms with van der Waals surface area (Å²) >= 11 is 0. The van der Waals surface area contributed by atoms with Gasteiger partial charge in [-0.05, 0) is 18.3 Å². The maximum Gasteiger partial charge on any atom is 0.307 e. The molecule has 1 amide bonds. The van der Waals surface area contributed by atoms with E-state index in [4.69, 9.17) is 10.2 Å². The van der Waals surface area contributed by atoms with Crippen molar-refractivity contribution in [3.05, 3.63) is 0 Å². The van der Waals surface area contributed by atoms with E-state index in [0.717, 1.165) is 25.7 Å². The van der Waals surface area contributed by atoms with Crippen LogP contribution in [-0.2, 0) is 9.59 Å². The molecule has 0 heterocycles. The molecule has 0 aromatic carbocycles. The Balaban J connectivity index is 2.10. The Hall–Kier alpha value is -1.10. The van der Waals surface area contributed by atoms with Crippen LogP contribution in [0.2, 0.25) is 0 Å². The minimum Gasteiger partial charge on any atom is -0.481 e. The van der Waals surface area contributed by atoms with Gasteiger partial charge in [0.2, 0.25) is 5.91 Å². The summed E-state index contributed by atoms with van der Waals surface area (Å²) in [7, 11) is 0. The number of carboxylic acids is 1. The number of hydrogen-bond acceptors (Lipinski definition) is 3. The molecular weight excluding hydrogens is 246 g/mol. The topological polar surface area (TPSA) is 77.8 Å². The molecule has 19 heavy (non-hydrogen) atoms. The third-order valence-corrected chi connectivity index (χ3v) is 4.75. The molecule has 0 saturated heterocycles. The van der Waals surface area contributed by atoms with Crippen LogP contribution < -0.4 is 0 Å². The summed E-state index contributed by atoms with van der Waals surface area (Å²) in [6.07, 6.45) is 4.15. The average Bonchev–Trinajstić information content (AvgIpc) is 2.73. The number of nitrogens with zero attached hydrogens (tertiary/aromatic N) is 1. The molecule has 2 saturated carbocycles. The quantitative estimate of drug-likeness (QED) is 0.783. The third-order valence-electron chi connectivity index (χ3n) is 4.75. The van der Waals surface area contributed by atoms with Crippen LogP contribution in [0.25, 0.3) is 0 Å². The van der Waals surface area contributed by atoms with E-state index in [2.05, 4.69) is 0 Å². The minimum atomic E-state index is -0.890. The Labute approximate surface area is 113 Å². The van der Waals surface area contributed by atoms with Gasteiger partial charge in [0.15, 0.2) is 0 Å². The standard InChI is InChI=1S/C14H23NO4/c1-14(2)10(11(14)13(18)19)12(17)15(7-8-16)9-5-3-4-6-9/h9-11,16H,3-8H2,1-2H3,(H,18,19)/t10-,11+/m1/s1. The van der Waals surface area contributed by atoms with Crippen molar-refractivity contribution in [2.75, 3.05) is 13.2 Å². The summed E-state index contributed by atoms with van der Waals surface area (Å²) in [5, 5.41) is 18.3. The monoisotopic (exact) mass is 269 g/mol. The van der Waals surface area contributed by atoms with Gasteiger partial charge in [0.1, 0.15) is 0 Å². The summed E-state index contributed by atoms with van der Waals surface area (Å²) in [4.78, 5) is 25.5. The van der Waals surface area contributed by atoms with Crippen molar-refractivity contribution in [1.29, 1.82) is 0 Å². The highest BCUT2D eigenvalue weighted by atomic mass is 16.4. The molecule has 0 unspecified atom stereocenters. The lowest BCUT2D eigenvalue weighted by molar-refractivity contribution is -0.143. The minimum absolute atomic E-state index is 0.0624. The fourth-order valence-electron chi connectivity index (χ4n) is 3.53. The van der Waals surface area contributed by atoms with E-state index in [1.165, 1.54) is 0 Å². The van der Waals surface area contributed by atoms with Gasteiger partial charge in [-0.2, -0.15) is 0 Å². The molecule has 0 aromatic rings. The lowest BCUT2D eigenvalue weighted by atomic mass is 10.1. The molecule has 2 fully saturated rings. The second kappa shape index (κ2) is 5.12. The zero-order valence-electron chi connectivity index (χ0n) is 11.6. The van der Waals surface area contributed by atoms with Crippen LogP contribution in [0, 0.1) is 17.3 Å². The zero-order valence-corrected chi connectivity index (χ0v) is 11.6. The van der Waals surface area contributed by atoms with Gasteiger partial charge in [0.05, 0.1) is 18.4 Å². The summed E-state index contributed by atoms with van der Waals surface area (Å²) in [6.45, 7) is 3.93. The number of hydrogen-bond donors (Lipinski definition) is 2. The molecule has 0 aromatic heterocycles. The summed E-state index contributed by atoms with van der Waals surface area (Å²) in [6, 6.07) is 0.186. The maximum atomic E-state index is 12.6. The van der Waals surface area contributed by atoms with Crippen LogP contribution >= 0.6 is 0 Å². The number of amides is 1. The van der Waals surface area contributed by atoms with Crippen molar-refractivity contribution >= 4 is 11.9 Å². The van der Waals surface area contributed by atoms with Crippen LogP contribution in [0.1, 0.15) is 39.5 Å². The van der Waals surface area contributed by atoms with Gasteiger partial charge in [0, 0.05) is 12.6 Å². The highest BCUT2D eigenvalue weighted by Gasteiger charge is 2.66. The molecule has 5 nitrogen and oxygen atoms in total. The number of carboxylic acid groups (broad SMARTS) is 1. The lowest BCUT2D eigenvalue weighted by Crippen LogP contribution is -2.42. The zero-order chi connectivity index (χ0) is 14.2. The average molecular weight is 269 g/mol. The van der Waals surface area contributed by atoms with Gasteiger partial charge in [-0.25, -0.2) is 0 Å². The van der Waals surface area contributed by atoms with Crippen LogP contribution in [-0.4, -0.2) is 46.2 Å². The highest BCUT2D eigenvalue weighted by Crippen LogP contribution is 2.59. The first-order chi connectivity index (χ1) is 8.91. The Morgan fingerprint density at radius 1 is 1.21 bits per heavy atom. The first-order valence-corrected chi connectivity index (χ1v) is 7.05. The predicted molar refractivity (Wildman–Crippen MR) is 69.5 cm³/mol. The highest BCUT2D eigenvalue weighted by molar-refractivity contribution is 5.91. The normalized spacial score (nSPS) is 29.2. The SMILES string of the molecule is CC1(C)[C@H](C(=O)O)[C@@H]1C(=O)N(CCO)C1CCCC1. The van der Waals surface area contributed by atoms with Gasteiger partial charge in [-0.1, -0.05) is 26.7 Å². The number of aliphatic hydroxyl groups is 1. The molecule has 0 spiro atoms. The van der Waals surface area contributed by atoms with Crippen molar-refractivity contribution in [1.82, 2.24) is 4.90 Å². The fourth-order valence-corrected chi connectivity index (χ4v) is 3.53. The number of aliphatic hydroxyl groups excluding tert-OH is 1. The second-order valence-electron chi connectivity index (χ2n) is 6.31. The Morgan fingerprint density at radius 2 is 1.79 bits per heavy atom. The summed E-state index contributed by atoms with van der Waals surface area (Å²) in [5.41, 5.74) is -0.463. The van der Waals surface area contributed by atoms with E-state index in [-0.39, 0.29) is 18.6 Å². The molecule has 108 valence electrons. The van der Waals surface area contributed by atoms with E-state index < -0.39 is 23.2 Å². The van der Waals surface area contributed by atoms with Crippen molar-refractivity contribution in [3.63, 3.8) is 0 Å². The van der Waals surface area contributed by atoms with E-state index in [1.54, 1.807) is 4.90 Å². The van der Waals surface area contributed by atoms with E-state index in [0.29, 0.717) is 6.54 Å². The van der Waals surface area contributed by atoms with E-state index >= 15 is 0 Å². The van der Waals surface area contributed by atoms with Gasteiger partial charge < -0.3 is 15.1 Å². The van der Waals surface area contributed by atoms with Crippen molar-refractivity contribution in [2.45, 2.75) is 45.6 Å². The van der Waals surface area contributed by atoms with Crippen molar-refractivity contribution in [2.24, 2.45) is 17.3 Å². The number of aliphatic carboxylic acids is 1.